The highest BCUT2D eigenvalue weighted by atomic mass is 16.5. The maximum atomic E-state index is 9.51. The molecule has 5 nitrogen and oxygen atoms in total. The van der Waals surface area contributed by atoms with Gasteiger partial charge < -0.3 is 14.6 Å². The van der Waals surface area contributed by atoms with E-state index in [1.165, 1.54) is 24.9 Å². The first-order valence-electron chi connectivity index (χ1n) is 9.63. The predicted octanol–water partition coefficient (Wildman–Crippen LogP) is 2.46. The number of ether oxygens (including phenoxy) is 2. The highest BCUT2D eigenvalue weighted by Crippen LogP contribution is 2.34. The molecule has 1 N–H and O–H groups in total. The van der Waals surface area contributed by atoms with Crippen molar-refractivity contribution in [2.75, 3.05) is 40.5 Å². The summed E-state index contributed by atoms with van der Waals surface area (Å²) in [7, 11) is 3.37. The first-order chi connectivity index (χ1) is 12.7. The monoisotopic (exact) mass is 360 g/mol. The molecule has 0 spiro atoms. The normalized spacial score (nSPS) is 23.7. The maximum absolute atomic E-state index is 9.51. The molecule has 0 bridgehead atoms. The Labute approximate surface area is 157 Å². The first-order valence-corrected chi connectivity index (χ1v) is 9.63. The number of benzene rings is 1. The summed E-state index contributed by atoms with van der Waals surface area (Å²) >= 11 is 0. The zero-order valence-corrected chi connectivity index (χ0v) is 16.1. The zero-order valence-electron chi connectivity index (χ0n) is 16.1. The molecule has 0 radical (unpaired) electrons. The molecule has 0 aliphatic carbocycles. The molecule has 2 aliphatic rings. The molecule has 26 heavy (non-hydrogen) atoms. The van der Waals surface area contributed by atoms with Crippen LogP contribution in [0.5, 0.6) is 11.5 Å². The van der Waals surface area contributed by atoms with Crippen LogP contribution in [0.2, 0.25) is 0 Å². The minimum atomic E-state index is 0.243. The van der Waals surface area contributed by atoms with Crippen molar-refractivity contribution < 1.29 is 14.6 Å². The molecular formula is C21H32N2O3. The highest BCUT2D eigenvalue weighted by Gasteiger charge is 2.35. The summed E-state index contributed by atoms with van der Waals surface area (Å²) in [6.45, 7) is 8.34. The molecule has 2 heterocycles. The van der Waals surface area contributed by atoms with Crippen LogP contribution in [0.1, 0.15) is 30.4 Å². The molecule has 0 saturated carbocycles. The van der Waals surface area contributed by atoms with Gasteiger partial charge in [0.1, 0.15) is 0 Å². The number of piperazine rings is 1. The molecular weight excluding hydrogens is 328 g/mol. The fourth-order valence-corrected chi connectivity index (χ4v) is 4.50. The lowest BCUT2D eigenvalue weighted by Crippen LogP contribution is -2.55. The molecule has 5 heteroatoms. The van der Waals surface area contributed by atoms with E-state index in [-0.39, 0.29) is 6.61 Å². The van der Waals surface area contributed by atoms with E-state index in [0.717, 1.165) is 49.5 Å². The largest absolute Gasteiger partial charge is 0.493 e. The molecule has 1 aromatic carbocycles. The van der Waals surface area contributed by atoms with Crippen LogP contribution in [-0.2, 0) is 13.0 Å². The van der Waals surface area contributed by atoms with Gasteiger partial charge in [0.15, 0.2) is 11.5 Å². The Kier molecular flexibility index (Phi) is 6.57. The lowest BCUT2D eigenvalue weighted by atomic mass is 10.0. The second kappa shape index (κ2) is 8.89. The van der Waals surface area contributed by atoms with Gasteiger partial charge in [0.25, 0.3) is 0 Å². The van der Waals surface area contributed by atoms with Crippen LogP contribution >= 0.6 is 0 Å². The standard InChI is InChI=1S/C21H32N2O3/c1-4-6-17-11-16(12-20(25-2)21(17)26-3)13-23-15-18-7-5-9-22(18)14-19(23)8-10-24/h4,11-12,18-19,24H,1,5-10,13-15H2,2-3H3/t18-,19+/m1/s1. The van der Waals surface area contributed by atoms with Gasteiger partial charge in [-0.05, 0) is 43.9 Å². The first kappa shape index (κ1) is 19.2. The van der Waals surface area contributed by atoms with Crippen LogP contribution in [-0.4, -0.2) is 67.5 Å². The van der Waals surface area contributed by atoms with Gasteiger partial charge >= 0.3 is 0 Å². The summed E-state index contributed by atoms with van der Waals surface area (Å²) in [4.78, 5) is 5.15. The molecule has 2 aliphatic heterocycles. The number of hydrogen-bond donors (Lipinski definition) is 1. The van der Waals surface area contributed by atoms with Crippen LogP contribution in [0.4, 0.5) is 0 Å². The Morgan fingerprint density at radius 1 is 1.27 bits per heavy atom. The Morgan fingerprint density at radius 3 is 2.81 bits per heavy atom. The van der Waals surface area contributed by atoms with Crippen LogP contribution in [0.3, 0.4) is 0 Å². The summed E-state index contributed by atoms with van der Waals surface area (Å²) in [5.41, 5.74) is 2.34. The molecule has 0 aromatic heterocycles. The van der Waals surface area contributed by atoms with Crippen LogP contribution in [0.25, 0.3) is 0 Å². The average Bonchev–Trinajstić information content (AvgIpc) is 3.09. The Morgan fingerprint density at radius 2 is 2.12 bits per heavy atom. The van der Waals surface area contributed by atoms with E-state index < -0.39 is 0 Å². The molecule has 2 saturated heterocycles. The number of aliphatic hydroxyl groups excluding tert-OH is 1. The topological polar surface area (TPSA) is 45.2 Å². The third-order valence-corrected chi connectivity index (χ3v) is 5.73. The van der Waals surface area contributed by atoms with E-state index in [1.807, 2.05) is 6.08 Å². The maximum Gasteiger partial charge on any atom is 0.164 e. The van der Waals surface area contributed by atoms with E-state index in [2.05, 4.69) is 28.5 Å². The molecule has 2 atom stereocenters. The van der Waals surface area contributed by atoms with Crippen molar-refractivity contribution in [1.82, 2.24) is 9.80 Å². The van der Waals surface area contributed by atoms with Crippen molar-refractivity contribution in [2.24, 2.45) is 0 Å². The van der Waals surface area contributed by atoms with Crippen molar-refractivity contribution in [1.29, 1.82) is 0 Å². The number of nitrogens with zero attached hydrogens (tertiary/aromatic N) is 2. The summed E-state index contributed by atoms with van der Waals surface area (Å²) in [6.07, 6.45) is 6.06. The summed E-state index contributed by atoms with van der Waals surface area (Å²) in [5, 5.41) is 9.51. The van der Waals surface area contributed by atoms with E-state index in [9.17, 15) is 5.11 Å². The van der Waals surface area contributed by atoms with Crippen molar-refractivity contribution in [3.05, 3.63) is 35.9 Å². The number of hydrogen-bond acceptors (Lipinski definition) is 5. The van der Waals surface area contributed by atoms with E-state index >= 15 is 0 Å². The van der Waals surface area contributed by atoms with Crippen LogP contribution in [0, 0.1) is 0 Å². The molecule has 2 fully saturated rings. The number of allylic oxidation sites excluding steroid dienone is 1. The van der Waals surface area contributed by atoms with Crippen molar-refractivity contribution in [3.63, 3.8) is 0 Å². The van der Waals surface area contributed by atoms with Crippen LogP contribution in [0.15, 0.2) is 24.8 Å². The van der Waals surface area contributed by atoms with Crippen molar-refractivity contribution >= 4 is 0 Å². The van der Waals surface area contributed by atoms with E-state index in [0.29, 0.717) is 12.1 Å². The summed E-state index contributed by atoms with van der Waals surface area (Å²) < 4.78 is 11.1. The fourth-order valence-electron chi connectivity index (χ4n) is 4.50. The number of aliphatic hydroxyl groups is 1. The van der Waals surface area contributed by atoms with Crippen molar-refractivity contribution in [2.45, 2.75) is 44.3 Å². The van der Waals surface area contributed by atoms with Gasteiger partial charge in [-0.2, -0.15) is 0 Å². The summed E-state index contributed by atoms with van der Waals surface area (Å²) in [6, 6.07) is 5.37. The molecule has 0 unspecified atom stereocenters. The smallest absolute Gasteiger partial charge is 0.164 e. The summed E-state index contributed by atoms with van der Waals surface area (Å²) in [5.74, 6) is 1.57. The van der Waals surface area contributed by atoms with Gasteiger partial charge in [-0.25, -0.2) is 0 Å². The minimum Gasteiger partial charge on any atom is -0.493 e. The zero-order chi connectivity index (χ0) is 18.5. The van der Waals surface area contributed by atoms with Gasteiger partial charge in [-0.3, -0.25) is 9.80 Å². The molecule has 0 amide bonds. The lowest BCUT2D eigenvalue weighted by Gasteiger charge is -2.43. The Balaban J connectivity index is 1.83. The third kappa shape index (κ3) is 4.05. The highest BCUT2D eigenvalue weighted by molar-refractivity contribution is 5.50. The predicted molar refractivity (Wildman–Crippen MR) is 104 cm³/mol. The van der Waals surface area contributed by atoms with E-state index in [4.69, 9.17) is 9.47 Å². The van der Waals surface area contributed by atoms with Gasteiger partial charge in [-0.1, -0.05) is 12.1 Å². The Bertz CT molecular complexity index is 620. The molecule has 3 rings (SSSR count). The second-order valence-electron chi connectivity index (χ2n) is 7.37. The van der Waals surface area contributed by atoms with Gasteiger partial charge in [0.2, 0.25) is 0 Å². The average molecular weight is 360 g/mol. The lowest BCUT2D eigenvalue weighted by molar-refractivity contribution is 0.0333. The minimum absolute atomic E-state index is 0.243. The SMILES string of the molecule is C=CCc1cc(CN2C[C@H]3CCCN3C[C@@H]2CCO)cc(OC)c1OC. The number of methoxy groups -OCH3 is 2. The second-order valence-corrected chi connectivity index (χ2v) is 7.37. The Hall–Kier alpha value is -1.56. The molecule has 144 valence electrons. The fraction of sp³-hybridized carbons (Fsp3) is 0.619. The van der Waals surface area contributed by atoms with Crippen molar-refractivity contribution in [3.8, 4) is 11.5 Å². The number of fused-ring (bicyclic) bond motifs is 1. The molecule has 1 aromatic rings. The van der Waals surface area contributed by atoms with Gasteiger partial charge in [0.05, 0.1) is 14.2 Å². The van der Waals surface area contributed by atoms with Crippen LogP contribution < -0.4 is 9.47 Å². The number of rotatable bonds is 8. The van der Waals surface area contributed by atoms with E-state index in [1.54, 1.807) is 14.2 Å². The van der Waals surface area contributed by atoms with Gasteiger partial charge in [0, 0.05) is 43.9 Å². The quantitative estimate of drug-likeness (QED) is 0.722. The van der Waals surface area contributed by atoms with Gasteiger partial charge in [-0.15, -0.1) is 6.58 Å². The third-order valence-electron chi connectivity index (χ3n) is 5.73.